The van der Waals surface area contributed by atoms with Gasteiger partial charge < -0.3 is 9.47 Å². The Labute approximate surface area is 171 Å². The zero-order chi connectivity index (χ0) is 20.7. The number of ketones is 2. The van der Waals surface area contributed by atoms with E-state index in [9.17, 15) is 20.1 Å². The van der Waals surface area contributed by atoms with E-state index in [1.54, 1.807) is 37.3 Å². The highest BCUT2D eigenvalue weighted by Gasteiger charge is 2.71. The van der Waals surface area contributed by atoms with Crippen LogP contribution in [0, 0.1) is 33.5 Å². The molecule has 1 aromatic rings. The molecule has 3 atom stereocenters. The highest BCUT2D eigenvalue weighted by atomic mass is 35.5. The number of hydrogen-bond acceptors (Lipinski definition) is 6. The van der Waals surface area contributed by atoms with Gasteiger partial charge in [0.25, 0.3) is 0 Å². The molecule has 6 nitrogen and oxygen atoms in total. The molecule has 2 aliphatic rings. The molecule has 28 heavy (non-hydrogen) atoms. The molecule has 0 amide bonds. The van der Waals surface area contributed by atoms with Crippen molar-refractivity contribution in [1.29, 1.82) is 10.5 Å². The van der Waals surface area contributed by atoms with Crippen molar-refractivity contribution in [2.45, 2.75) is 19.4 Å². The summed E-state index contributed by atoms with van der Waals surface area (Å²) in [5.41, 5.74) is -3.56. The summed E-state index contributed by atoms with van der Waals surface area (Å²) >= 11 is 11.9. The fourth-order valence-electron chi connectivity index (χ4n) is 3.70. The number of carbonyl (C=O) groups is 2. The lowest BCUT2D eigenvalue weighted by molar-refractivity contribution is -0.143. The maximum Gasteiger partial charge on any atom is 0.202 e. The van der Waals surface area contributed by atoms with Crippen LogP contribution in [0.1, 0.15) is 13.3 Å². The summed E-state index contributed by atoms with van der Waals surface area (Å²) in [7, 11) is 1.51. The summed E-state index contributed by atoms with van der Waals surface area (Å²) in [5.74, 6) is -0.829. The van der Waals surface area contributed by atoms with Crippen LogP contribution in [0.5, 0.6) is 11.5 Å². The Balaban J connectivity index is 2.21. The minimum Gasteiger partial charge on any atom is -0.497 e. The summed E-state index contributed by atoms with van der Waals surface area (Å²) in [5, 5.41) is 18.9. The molecule has 0 heterocycles. The van der Waals surface area contributed by atoms with Gasteiger partial charge >= 0.3 is 0 Å². The maximum atomic E-state index is 13.1. The van der Waals surface area contributed by atoms with E-state index >= 15 is 0 Å². The third kappa shape index (κ3) is 2.53. The van der Waals surface area contributed by atoms with Gasteiger partial charge in [-0.1, -0.05) is 28.8 Å². The highest BCUT2D eigenvalue weighted by molar-refractivity contribution is 6.57. The number of allylic oxidation sites excluding steroid dienone is 3. The van der Waals surface area contributed by atoms with Crippen LogP contribution in [-0.2, 0) is 9.59 Å². The number of benzene rings is 1. The lowest BCUT2D eigenvalue weighted by Gasteiger charge is -2.47. The molecule has 8 heteroatoms. The van der Waals surface area contributed by atoms with Gasteiger partial charge in [-0.15, -0.1) is 0 Å². The fraction of sp³-hybridized carbons (Fsp3) is 0.300. The van der Waals surface area contributed by atoms with E-state index in [1.807, 2.05) is 12.1 Å². The fourth-order valence-corrected chi connectivity index (χ4v) is 4.18. The summed E-state index contributed by atoms with van der Waals surface area (Å²) < 4.78 is 11.0. The van der Waals surface area contributed by atoms with Crippen LogP contribution in [0.4, 0.5) is 0 Å². The number of halogens is 2. The Morgan fingerprint density at radius 2 is 1.61 bits per heavy atom. The largest absolute Gasteiger partial charge is 0.497 e. The number of Topliss-reactive ketones (excluding diaryl/α,β-unsaturated/α-hetero) is 2. The molecule has 0 unspecified atom stereocenters. The highest BCUT2D eigenvalue weighted by Crippen LogP contribution is 2.57. The lowest BCUT2D eigenvalue weighted by atomic mass is 9.51. The van der Waals surface area contributed by atoms with Crippen molar-refractivity contribution in [1.82, 2.24) is 0 Å². The molecular formula is C20H14Cl2N2O4. The maximum absolute atomic E-state index is 13.1. The van der Waals surface area contributed by atoms with E-state index in [1.165, 1.54) is 7.11 Å². The van der Waals surface area contributed by atoms with E-state index in [-0.39, 0.29) is 6.42 Å². The first-order valence-electron chi connectivity index (χ1n) is 8.22. The van der Waals surface area contributed by atoms with Gasteiger partial charge in [0.05, 0.1) is 19.2 Å². The first-order chi connectivity index (χ1) is 13.3. The van der Waals surface area contributed by atoms with Crippen molar-refractivity contribution in [2.75, 3.05) is 7.11 Å². The summed E-state index contributed by atoms with van der Waals surface area (Å²) in [6.07, 6.45) is 0.233. The Hall–Kier alpha value is -2.80. The topological polar surface area (TPSA) is 100 Å². The van der Waals surface area contributed by atoms with Crippen LogP contribution in [0.2, 0.25) is 0 Å². The van der Waals surface area contributed by atoms with Crippen LogP contribution in [0.15, 0.2) is 46.0 Å². The summed E-state index contributed by atoms with van der Waals surface area (Å²) in [4.78, 5) is 26.1. The first-order valence-corrected chi connectivity index (χ1v) is 8.98. The van der Waals surface area contributed by atoms with Crippen molar-refractivity contribution in [3.8, 4) is 23.6 Å². The van der Waals surface area contributed by atoms with Crippen LogP contribution >= 0.6 is 23.2 Å². The molecular weight excluding hydrogens is 403 g/mol. The zero-order valence-corrected chi connectivity index (χ0v) is 16.5. The molecule has 0 bridgehead atoms. The van der Waals surface area contributed by atoms with E-state index in [0.29, 0.717) is 17.1 Å². The molecule has 0 saturated heterocycles. The third-order valence-corrected chi connectivity index (χ3v) is 5.92. The van der Waals surface area contributed by atoms with Gasteiger partial charge in [0.1, 0.15) is 27.7 Å². The quantitative estimate of drug-likeness (QED) is 0.696. The Morgan fingerprint density at radius 3 is 2.14 bits per heavy atom. The normalized spacial score (nSPS) is 29.4. The third-order valence-electron chi connectivity index (χ3n) is 5.11. The van der Waals surface area contributed by atoms with Crippen LogP contribution in [-0.4, -0.2) is 24.8 Å². The van der Waals surface area contributed by atoms with Gasteiger partial charge in [0.15, 0.2) is 16.6 Å². The smallest absolute Gasteiger partial charge is 0.202 e. The van der Waals surface area contributed by atoms with E-state index in [0.717, 1.165) is 0 Å². The van der Waals surface area contributed by atoms with Gasteiger partial charge in [-0.3, -0.25) is 9.59 Å². The van der Waals surface area contributed by atoms with Gasteiger partial charge in [0.2, 0.25) is 5.78 Å². The molecule has 0 aromatic heterocycles. The Morgan fingerprint density at radius 1 is 1.04 bits per heavy atom. The van der Waals surface area contributed by atoms with Crippen molar-refractivity contribution < 1.29 is 19.1 Å². The van der Waals surface area contributed by atoms with E-state index in [4.69, 9.17) is 32.7 Å². The molecule has 0 fully saturated rings. The van der Waals surface area contributed by atoms with Gasteiger partial charge in [-0.05, 0) is 43.7 Å². The minimum atomic E-state index is -2.16. The molecule has 0 aliphatic heterocycles. The van der Waals surface area contributed by atoms with Crippen LogP contribution in [0.25, 0.3) is 0 Å². The number of nitrogens with zero attached hydrogens (tertiary/aromatic N) is 2. The van der Waals surface area contributed by atoms with Gasteiger partial charge in [-0.2, -0.15) is 10.5 Å². The predicted octanol–water partition coefficient (Wildman–Crippen LogP) is 3.65. The second kappa shape index (κ2) is 6.98. The molecule has 0 N–H and O–H groups in total. The minimum absolute atomic E-state index is 0.121. The number of nitriles is 2. The van der Waals surface area contributed by atoms with Crippen LogP contribution < -0.4 is 9.47 Å². The SMILES string of the molecule is COc1ccc(O[C@@H]2C=C(C)C[C@]3(C#N)C(=O)C(Cl)=C(Cl)C(=O)[C@]23C#N)cc1. The Bertz CT molecular complexity index is 1020. The van der Waals surface area contributed by atoms with Crippen molar-refractivity contribution in [3.05, 3.63) is 46.0 Å². The molecule has 2 aliphatic carbocycles. The molecule has 0 saturated carbocycles. The second-order valence-corrected chi connectivity index (χ2v) is 7.38. The summed E-state index contributed by atoms with van der Waals surface area (Å²) in [6, 6.07) is 10.3. The second-order valence-electron chi connectivity index (χ2n) is 6.63. The van der Waals surface area contributed by atoms with Gasteiger partial charge in [0, 0.05) is 0 Å². The Kier molecular flexibility index (Phi) is 4.97. The first kappa shape index (κ1) is 19.9. The lowest BCUT2D eigenvalue weighted by Crippen LogP contribution is -2.62. The van der Waals surface area contributed by atoms with Crippen LogP contribution in [0.3, 0.4) is 0 Å². The number of fused-ring (bicyclic) bond motifs is 1. The average molecular weight is 417 g/mol. The molecule has 3 rings (SSSR count). The van der Waals surface area contributed by atoms with Gasteiger partial charge in [-0.25, -0.2) is 0 Å². The zero-order valence-electron chi connectivity index (χ0n) is 15.0. The number of ether oxygens (including phenoxy) is 2. The van der Waals surface area contributed by atoms with Crippen molar-refractivity contribution in [2.24, 2.45) is 10.8 Å². The number of carbonyl (C=O) groups excluding carboxylic acids is 2. The monoisotopic (exact) mass is 416 g/mol. The molecule has 0 spiro atoms. The number of rotatable bonds is 3. The standard InChI is InChI=1S/C20H14Cl2N2O4/c1-11-7-14(28-13-5-3-12(27-2)4-6-13)20(10-24)18(26)16(22)15(21)17(25)19(20,8-11)9-23/h3-7,14H,8H2,1-2H3/t14-,19+,20+/m1/s1. The summed E-state index contributed by atoms with van der Waals surface area (Å²) in [6.45, 7) is 1.69. The van der Waals surface area contributed by atoms with E-state index in [2.05, 4.69) is 0 Å². The molecule has 1 aromatic carbocycles. The average Bonchev–Trinajstić information content (AvgIpc) is 2.71. The molecule has 142 valence electrons. The number of hydrogen-bond donors (Lipinski definition) is 0. The van der Waals surface area contributed by atoms with Crippen molar-refractivity contribution in [3.63, 3.8) is 0 Å². The molecule has 0 radical (unpaired) electrons. The predicted molar refractivity (Wildman–Crippen MR) is 101 cm³/mol. The van der Waals surface area contributed by atoms with Crippen molar-refractivity contribution >= 4 is 34.8 Å². The number of methoxy groups -OCH3 is 1. The van der Waals surface area contributed by atoms with E-state index < -0.39 is 38.6 Å².